The van der Waals surface area contributed by atoms with Gasteiger partial charge in [0, 0.05) is 42.6 Å². The van der Waals surface area contributed by atoms with Gasteiger partial charge in [0.1, 0.15) is 10.3 Å². The Labute approximate surface area is 196 Å². The van der Waals surface area contributed by atoms with Gasteiger partial charge in [0.2, 0.25) is 5.88 Å². The number of carbonyl (C=O) groups is 1. The van der Waals surface area contributed by atoms with Crippen LogP contribution in [0.2, 0.25) is 0 Å². The molecule has 34 heavy (non-hydrogen) atoms. The van der Waals surface area contributed by atoms with Crippen LogP contribution in [0.25, 0.3) is 32.9 Å². The van der Waals surface area contributed by atoms with E-state index in [2.05, 4.69) is 30.8 Å². The third kappa shape index (κ3) is 4.75. The van der Waals surface area contributed by atoms with Gasteiger partial charge in [-0.15, -0.1) is 5.10 Å². The van der Waals surface area contributed by atoms with Crippen molar-refractivity contribution < 1.29 is 18.7 Å². The minimum absolute atomic E-state index is 0.126. The van der Waals surface area contributed by atoms with Gasteiger partial charge in [-0.3, -0.25) is 10.3 Å². The minimum Gasteiger partial charge on any atom is -0.477 e. The van der Waals surface area contributed by atoms with Gasteiger partial charge in [0.05, 0.1) is 18.8 Å². The maximum absolute atomic E-state index is 11.9. The van der Waals surface area contributed by atoms with Gasteiger partial charge in [-0.2, -0.15) is 0 Å². The number of pyridine rings is 2. The van der Waals surface area contributed by atoms with Crippen LogP contribution in [-0.2, 0) is 4.74 Å². The van der Waals surface area contributed by atoms with Crippen molar-refractivity contribution in [1.29, 1.82) is 0 Å². The molecule has 0 radical (unpaired) electrons. The number of fused-ring (bicyclic) bond motifs is 1. The Hall–Kier alpha value is -3.84. The number of rotatable bonds is 7. The van der Waals surface area contributed by atoms with E-state index in [9.17, 15) is 9.59 Å². The number of anilines is 1. The van der Waals surface area contributed by atoms with E-state index in [0.717, 1.165) is 13.0 Å². The fraction of sp³-hybridized carbons (Fsp3) is 0.333. The highest BCUT2D eigenvalue weighted by atomic mass is 32.1. The first-order valence-electron chi connectivity index (χ1n) is 10.7. The molecule has 1 fully saturated rings. The van der Waals surface area contributed by atoms with Gasteiger partial charge < -0.3 is 19.2 Å². The molecule has 0 saturated carbocycles. The topological polar surface area (TPSA) is 157 Å². The predicted molar refractivity (Wildman–Crippen MR) is 124 cm³/mol. The number of H-pyrrole nitrogens is 1. The van der Waals surface area contributed by atoms with Crippen molar-refractivity contribution in [3.8, 4) is 28.5 Å². The smallest absolute Gasteiger partial charge is 0.434 e. The predicted octanol–water partition coefficient (Wildman–Crippen LogP) is 2.65. The molecule has 4 aromatic rings. The van der Waals surface area contributed by atoms with Crippen LogP contribution in [-0.4, -0.2) is 57.5 Å². The maximum atomic E-state index is 11.9. The fourth-order valence-corrected chi connectivity index (χ4v) is 4.30. The molecule has 3 N–H and O–H groups in total. The second kappa shape index (κ2) is 9.57. The van der Waals surface area contributed by atoms with Crippen molar-refractivity contribution in [2.75, 3.05) is 31.7 Å². The molecule has 12 nitrogen and oxygen atoms in total. The summed E-state index contributed by atoms with van der Waals surface area (Å²) in [5.74, 6) is 0.168. The number of carbonyl (C=O) groups excluding carboxylic acids is 1. The molecule has 1 saturated heterocycles. The molecule has 5 heterocycles. The second-order valence-electron chi connectivity index (χ2n) is 7.59. The second-order valence-corrected chi connectivity index (χ2v) is 8.57. The first-order valence-corrected chi connectivity index (χ1v) is 11.5. The Balaban J connectivity index is 1.53. The highest BCUT2D eigenvalue weighted by molar-refractivity contribution is 7.22. The zero-order valence-corrected chi connectivity index (χ0v) is 19.0. The first kappa shape index (κ1) is 22.0. The monoisotopic (exact) mass is 483 g/mol. The lowest BCUT2D eigenvalue weighted by Gasteiger charge is -2.13. The normalized spacial score (nSPS) is 15.5. The molecule has 5 rings (SSSR count). The van der Waals surface area contributed by atoms with E-state index in [4.69, 9.17) is 18.9 Å². The van der Waals surface area contributed by atoms with Gasteiger partial charge in [-0.25, -0.2) is 24.7 Å². The van der Waals surface area contributed by atoms with Crippen LogP contribution in [0.15, 0.2) is 33.7 Å². The van der Waals surface area contributed by atoms with Crippen molar-refractivity contribution in [1.82, 2.24) is 30.5 Å². The maximum Gasteiger partial charge on any atom is 0.434 e. The molecule has 0 bridgehead atoms. The molecule has 4 aromatic heterocycles. The Morgan fingerprint density at radius 3 is 2.94 bits per heavy atom. The van der Waals surface area contributed by atoms with E-state index in [1.807, 2.05) is 13.0 Å². The first-order chi connectivity index (χ1) is 16.6. The molecule has 1 atom stereocenters. The third-order valence-electron chi connectivity index (χ3n) is 5.12. The molecule has 176 valence electrons. The lowest BCUT2D eigenvalue weighted by molar-refractivity contribution is 0.166. The standard InChI is InChI=1S/C21H21N7O5S/c1-2-23-19(29)26-20-24-15-6-14(12-5-13(8-22-7-12)16-27-28-21(30)33-16)17(25-18(15)34-20)32-10-11-3-4-31-9-11/h5-8,11H,2-4,9-10H2,1H3,(H,28,30)(H2,23,24,26,29). The summed E-state index contributed by atoms with van der Waals surface area (Å²) < 4.78 is 16.6. The van der Waals surface area contributed by atoms with Crippen LogP contribution in [0.1, 0.15) is 13.3 Å². The van der Waals surface area contributed by atoms with Crippen LogP contribution < -0.4 is 21.1 Å². The summed E-state index contributed by atoms with van der Waals surface area (Å²) in [4.78, 5) is 37.3. The zero-order valence-electron chi connectivity index (χ0n) is 18.2. The van der Waals surface area contributed by atoms with Crippen molar-refractivity contribution in [2.24, 2.45) is 5.92 Å². The highest BCUT2D eigenvalue weighted by Gasteiger charge is 2.20. The average Bonchev–Trinajstić information content (AvgIpc) is 3.58. The van der Waals surface area contributed by atoms with E-state index in [1.165, 1.54) is 11.3 Å². The lowest BCUT2D eigenvalue weighted by atomic mass is 10.1. The number of nitrogens with one attached hydrogen (secondary N) is 3. The largest absolute Gasteiger partial charge is 0.477 e. The van der Waals surface area contributed by atoms with Gasteiger partial charge in [-0.1, -0.05) is 11.3 Å². The summed E-state index contributed by atoms with van der Waals surface area (Å²) in [7, 11) is 0. The molecule has 1 unspecified atom stereocenters. The number of amides is 2. The van der Waals surface area contributed by atoms with Crippen LogP contribution in [0, 0.1) is 5.92 Å². The van der Waals surface area contributed by atoms with Gasteiger partial charge in [-0.05, 0) is 25.5 Å². The average molecular weight is 484 g/mol. The number of aromatic nitrogens is 5. The van der Waals surface area contributed by atoms with Crippen molar-refractivity contribution >= 4 is 32.8 Å². The van der Waals surface area contributed by atoms with E-state index in [-0.39, 0.29) is 17.8 Å². The lowest BCUT2D eigenvalue weighted by Crippen LogP contribution is -2.28. The highest BCUT2D eigenvalue weighted by Crippen LogP contribution is 2.36. The van der Waals surface area contributed by atoms with Crippen molar-refractivity contribution in [2.45, 2.75) is 13.3 Å². The summed E-state index contributed by atoms with van der Waals surface area (Å²) in [6.45, 7) is 4.16. The summed E-state index contributed by atoms with van der Waals surface area (Å²) in [6.07, 6.45) is 4.12. The molecule has 0 aliphatic carbocycles. The van der Waals surface area contributed by atoms with E-state index in [1.54, 1.807) is 18.5 Å². The number of hydrogen-bond donors (Lipinski definition) is 3. The molecular weight excluding hydrogens is 462 g/mol. The van der Waals surface area contributed by atoms with E-state index >= 15 is 0 Å². The Bertz CT molecular complexity index is 1380. The Morgan fingerprint density at radius 1 is 1.29 bits per heavy atom. The van der Waals surface area contributed by atoms with Crippen LogP contribution in [0.4, 0.5) is 9.93 Å². The number of thiazole rings is 1. The third-order valence-corrected chi connectivity index (χ3v) is 6.00. The van der Waals surface area contributed by atoms with E-state index < -0.39 is 5.76 Å². The van der Waals surface area contributed by atoms with E-state index in [0.29, 0.717) is 57.8 Å². The van der Waals surface area contributed by atoms with Gasteiger partial charge in [0.15, 0.2) is 5.13 Å². The quantitative estimate of drug-likeness (QED) is 0.359. The summed E-state index contributed by atoms with van der Waals surface area (Å²) in [5, 5.41) is 11.9. The molecule has 1 aliphatic heterocycles. The fourth-order valence-electron chi connectivity index (χ4n) is 3.49. The SMILES string of the molecule is CCNC(=O)Nc1nc2cc(-c3cncc(-c4n[nH]c(=O)o4)c3)c(OCC3CCOC3)nc2s1. The van der Waals surface area contributed by atoms with Gasteiger partial charge in [0.25, 0.3) is 5.89 Å². The summed E-state index contributed by atoms with van der Waals surface area (Å²) >= 11 is 1.25. The molecule has 13 heteroatoms. The van der Waals surface area contributed by atoms with Crippen LogP contribution in [0.5, 0.6) is 5.88 Å². The minimum atomic E-state index is -0.652. The van der Waals surface area contributed by atoms with Crippen LogP contribution in [0.3, 0.4) is 0 Å². The number of urea groups is 1. The Morgan fingerprint density at radius 2 is 2.18 bits per heavy atom. The summed E-state index contributed by atoms with van der Waals surface area (Å²) in [6, 6.07) is 3.28. The van der Waals surface area contributed by atoms with Gasteiger partial charge >= 0.3 is 11.8 Å². The molecule has 1 aliphatic rings. The Kier molecular flexibility index (Phi) is 6.18. The zero-order chi connectivity index (χ0) is 23.5. The molecule has 2 amide bonds. The molecule has 0 spiro atoms. The summed E-state index contributed by atoms with van der Waals surface area (Å²) in [5.41, 5.74) is 2.46. The number of ether oxygens (including phenoxy) is 2. The number of nitrogens with zero attached hydrogens (tertiary/aromatic N) is 4. The number of aromatic amines is 1. The van der Waals surface area contributed by atoms with Crippen molar-refractivity contribution in [3.63, 3.8) is 0 Å². The van der Waals surface area contributed by atoms with Crippen molar-refractivity contribution in [3.05, 3.63) is 35.1 Å². The van der Waals surface area contributed by atoms with Crippen LogP contribution >= 0.6 is 11.3 Å². The number of hydrogen-bond acceptors (Lipinski definition) is 10. The molecule has 0 aromatic carbocycles. The molecular formula is C21H21N7O5S.